The Morgan fingerprint density at radius 2 is 1.57 bits per heavy atom. The molecule has 0 bridgehead atoms. The Morgan fingerprint density at radius 1 is 0.973 bits per heavy atom. The summed E-state index contributed by atoms with van der Waals surface area (Å²) in [4.78, 5) is 40.5. The number of aromatic nitrogens is 2. The highest BCUT2D eigenvalue weighted by Crippen LogP contribution is 2.36. The second kappa shape index (κ2) is 12.4. The standard InChI is InChI=1S/C23H43N3O8Si3/c1-30-19(28)12-11-18(27)24-17-13-14-26(23(29)25-17)22-21(34-37(8,9)10)20(33-36(5,6)7)16(32-22)15-31-35(2,3)4/h13-14,16,20-22H,11-12,15H2,1-10H3,(H,24,25,27,29)/t16-,20-,21+,22-/m1/s1. The Hall–Kier alpha value is -1.69. The first-order valence-corrected chi connectivity index (χ1v) is 22.7. The van der Waals surface area contributed by atoms with Crippen LogP contribution >= 0.6 is 0 Å². The molecule has 0 spiro atoms. The quantitative estimate of drug-likeness (QED) is 0.296. The molecule has 1 aliphatic heterocycles. The molecular formula is C23H43N3O8Si3. The highest BCUT2D eigenvalue weighted by Gasteiger charge is 2.50. The van der Waals surface area contributed by atoms with Crippen LogP contribution in [0.15, 0.2) is 17.1 Å². The lowest BCUT2D eigenvalue weighted by Gasteiger charge is -2.34. The SMILES string of the molecule is COC(=O)CCC(=O)Nc1ccn([C@@H]2O[C@H](CO[Si](C)(C)C)[C@@H](O[Si](C)(C)C)[C@@H]2O[Si](C)(C)C)c(=O)n1. The molecule has 11 nitrogen and oxygen atoms in total. The normalized spacial score (nSPS) is 22.6. The van der Waals surface area contributed by atoms with Crippen molar-refractivity contribution in [3.05, 3.63) is 22.7 Å². The van der Waals surface area contributed by atoms with Gasteiger partial charge in [0, 0.05) is 12.6 Å². The summed E-state index contributed by atoms with van der Waals surface area (Å²) in [6.45, 7) is 19.2. The van der Waals surface area contributed by atoms with Gasteiger partial charge in [-0.25, -0.2) is 4.79 Å². The van der Waals surface area contributed by atoms with Gasteiger partial charge in [0.05, 0.1) is 20.1 Å². The molecule has 4 atom stereocenters. The van der Waals surface area contributed by atoms with Crippen LogP contribution in [-0.4, -0.2) is 78.4 Å². The second-order valence-electron chi connectivity index (χ2n) is 12.0. The van der Waals surface area contributed by atoms with Crippen LogP contribution in [0.1, 0.15) is 19.1 Å². The monoisotopic (exact) mass is 573 g/mol. The van der Waals surface area contributed by atoms with Crippen molar-refractivity contribution in [2.45, 2.75) is 96.3 Å². The molecule has 1 aliphatic rings. The Labute approximate surface area is 222 Å². The van der Waals surface area contributed by atoms with Gasteiger partial charge >= 0.3 is 11.7 Å². The van der Waals surface area contributed by atoms with Crippen molar-refractivity contribution in [1.82, 2.24) is 9.55 Å². The van der Waals surface area contributed by atoms with Crippen molar-refractivity contribution in [3.8, 4) is 0 Å². The number of ether oxygens (including phenoxy) is 2. The van der Waals surface area contributed by atoms with Gasteiger partial charge in [-0.3, -0.25) is 14.2 Å². The number of carbonyl (C=O) groups is 2. The first-order valence-electron chi connectivity index (χ1n) is 12.5. The number of nitrogens with zero attached hydrogens (tertiary/aromatic N) is 2. The molecule has 210 valence electrons. The zero-order chi connectivity index (χ0) is 28.2. The van der Waals surface area contributed by atoms with E-state index in [0.717, 1.165) is 0 Å². The molecule has 0 saturated carbocycles. The van der Waals surface area contributed by atoms with Gasteiger partial charge in [0.1, 0.15) is 24.1 Å². The Kier molecular flexibility index (Phi) is 10.6. The van der Waals surface area contributed by atoms with Crippen molar-refractivity contribution in [3.63, 3.8) is 0 Å². The van der Waals surface area contributed by atoms with Crippen LogP contribution in [0.25, 0.3) is 0 Å². The van der Waals surface area contributed by atoms with Gasteiger partial charge < -0.3 is 28.1 Å². The number of amides is 1. The zero-order valence-electron chi connectivity index (χ0n) is 23.7. The number of anilines is 1. The summed E-state index contributed by atoms with van der Waals surface area (Å²) in [6.07, 6.45) is -0.752. The lowest BCUT2D eigenvalue weighted by molar-refractivity contribution is -0.141. The average molecular weight is 574 g/mol. The summed E-state index contributed by atoms with van der Waals surface area (Å²) in [6, 6.07) is 1.52. The molecule has 1 fully saturated rings. The summed E-state index contributed by atoms with van der Waals surface area (Å²) in [5.41, 5.74) is -0.599. The molecule has 1 amide bonds. The van der Waals surface area contributed by atoms with E-state index in [4.69, 9.17) is 18.0 Å². The van der Waals surface area contributed by atoms with Crippen molar-refractivity contribution in [2.75, 3.05) is 19.0 Å². The maximum Gasteiger partial charge on any atom is 0.351 e. The van der Waals surface area contributed by atoms with Gasteiger partial charge in [-0.05, 0) is 65.0 Å². The van der Waals surface area contributed by atoms with Gasteiger partial charge in [-0.2, -0.15) is 4.98 Å². The first kappa shape index (κ1) is 31.5. The van der Waals surface area contributed by atoms with Gasteiger partial charge in [0.15, 0.2) is 31.2 Å². The molecule has 0 unspecified atom stereocenters. The third-order valence-electron chi connectivity index (χ3n) is 5.10. The van der Waals surface area contributed by atoms with E-state index in [2.05, 4.69) is 74.0 Å². The minimum absolute atomic E-state index is 0.0651. The van der Waals surface area contributed by atoms with E-state index in [0.29, 0.717) is 6.61 Å². The molecule has 2 heterocycles. The van der Waals surface area contributed by atoms with E-state index in [1.807, 2.05) is 0 Å². The van der Waals surface area contributed by atoms with Crippen molar-refractivity contribution < 1.29 is 32.3 Å². The van der Waals surface area contributed by atoms with Gasteiger partial charge in [-0.1, -0.05) is 0 Å². The number of esters is 1. The summed E-state index contributed by atoms with van der Waals surface area (Å²) < 4.78 is 31.7. The fraction of sp³-hybridized carbons (Fsp3) is 0.739. The molecule has 1 aromatic heterocycles. The summed E-state index contributed by atoms with van der Waals surface area (Å²) >= 11 is 0. The van der Waals surface area contributed by atoms with Crippen molar-refractivity contribution in [2.24, 2.45) is 0 Å². The predicted octanol–water partition coefficient (Wildman–Crippen LogP) is 3.32. The van der Waals surface area contributed by atoms with E-state index in [9.17, 15) is 14.4 Å². The molecule has 2 rings (SSSR count). The lowest BCUT2D eigenvalue weighted by atomic mass is 10.1. The van der Waals surface area contributed by atoms with E-state index < -0.39 is 67.1 Å². The third-order valence-corrected chi connectivity index (χ3v) is 8.09. The van der Waals surface area contributed by atoms with E-state index in [1.54, 1.807) is 0 Å². The largest absolute Gasteiger partial charge is 0.469 e. The maximum absolute atomic E-state index is 13.1. The van der Waals surface area contributed by atoms with Gasteiger partial charge in [0.2, 0.25) is 5.91 Å². The van der Waals surface area contributed by atoms with Crippen LogP contribution in [0.3, 0.4) is 0 Å². The van der Waals surface area contributed by atoms with Crippen LogP contribution in [0.2, 0.25) is 58.9 Å². The smallest absolute Gasteiger partial charge is 0.351 e. The van der Waals surface area contributed by atoms with Crippen molar-refractivity contribution >= 4 is 42.6 Å². The molecule has 37 heavy (non-hydrogen) atoms. The predicted molar refractivity (Wildman–Crippen MR) is 148 cm³/mol. The molecule has 0 radical (unpaired) electrons. The molecule has 14 heteroatoms. The van der Waals surface area contributed by atoms with Crippen LogP contribution in [0.4, 0.5) is 5.82 Å². The van der Waals surface area contributed by atoms with Crippen LogP contribution < -0.4 is 11.0 Å². The molecule has 0 aromatic carbocycles. The molecule has 1 N–H and O–H groups in total. The minimum Gasteiger partial charge on any atom is -0.469 e. The number of nitrogens with one attached hydrogen (secondary N) is 1. The Morgan fingerprint density at radius 3 is 2.08 bits per heavy atom. The van der Waals surface area contributed by atoms with E-state index in [-0.39, 0.29) is 18.7 Å². The van der Waals surface area contributed by atoms with Crippen LogP contribution in [-0.2, 0) is 32.3 Å². The fourth-order valence-corrected chi connectivity index (χ4v) is 6.52. The average Bonchev–Trinajstić information content (AvgIpc) is 3.04. The number of methoxy groups -OCH3 is 1. The fourth-order valence-electron chi connectivity index (χ4n) is 3.68. The van der Waals surface area contributed by atoms with E-state index in [1.165, 1.54) is 23.9 Å². The van der Waals surface area contributed by atoms with Crippen molar-refractivity contribution in [1.29, 1.82) is 0 Å². The number of hydrogen-bond donors (Lipinski definition) is 1. The molecule has 0 aliphatic carbocycles. The van der Waals surface area contributed by atoms with E-state index >= 15 is 0 Å². The number of hydrogen-bond acceptors (Lipinski definition) is 9. The highest BCUT2D eigenvalue weighted by molar-refractivity contribution is 6.70. The first-order chi connectivity index (χ1) is 16.9. The van der Waals surface area contributed by atoms with Crippen LogP contribution in [0, 0.1) is 0 Å². The van der Waals surface area contributed by atoms with Gasteiger partial charge in [-0.15, -0.1) is 0 Å². The summed E-state index contributed by atoms with van der Waals surface area (Å²) in [5, 5.41) is 2.54. The lowest BCUT2D eigenvalue weighted by Crippen LogP contribution is -2.49. The molecule has 1 saturated heterocycles. The minimum atomic E-state index is -2.08. The number of carbonyl (C=O) groups excluding carboxylic acids is 2. The van der Waals surface area contributed by atoms with Crippen LogP contribution in [0.5, 0.6) is 0 Å². The zero-order valence-corrected chi connectivity index (χ0v) is 26.7. The summed E-state index contributed by atoms with van der Waals surface area (Å²) in [7, 11) is -4.68. The topological polar surface area (TPSA) is 127 Å². The summed E-state index contributed by atoms with van der Waals surface area (Å²) in [5.74, 6) is -0.849. The Bertz CT molecular complexity index is 1000. The number of rotatable bonds is 12. The maximum atomic E-state index is 13.1. The third kappa shape index (κ3) is 10.5. The molecular weight excluding hydrogens is 531 g/mol. The van der Waals surface area contributed by atoms with Gasteiger partial charge in [0.25, 0.3) is 0 Å². The second-order valence-corrected chi connectivity index (χ2v) is 25.4. The highest BCUT2D eigenvalue weighted by atomic mass is 28.4. The Balaban J connectivity index is 2.35. The molecule has 1 aromatic rings.